The Morgan fingerprint density at radius 3 is 1.69 bits per heavy atom. The summed E-state index contributed by atoms with van der Waals surface area (Å²) in [6, 6.07) is 0. The number of carboxylic acid groups (broad SMARTS) is 1. The van der Waals surface area contributed by atoms with Crippen molar-refractivity contribution < 1.29 is 19.4 Å². The van der Waals surface area contributed by atoms with Crippen LogP contribution in [0.4, 0.5) is 0 Å². The maximum Gasteiger partial charge on any atom is 0.305 e. The molecule has 0 aromatic rings. The monoisotopic (exact) mass is 370 g/mol. The fourth-order valence-corrected chi connectivity index (χ4v) is 3.05. The van der Waals surface area contributed by atoms with E-state index >= 15 is 0 Å². The Labute approximate surface area is 161 Å². The molecule has 0 unspecified atom stereocenters. The SMILES string of the molecule is CC(C)CCCCCCCCCCOC(=O)CCCCCCCC(=O)O. The van der Waals surface area contributed by atoms with E-state index in [9.17, 15) is 9.59 Å². The number of carbonyl (C=O) groups excluding carboxylic acids is 1. The average molecular weight is 371 g/mol. The Hall–Kier alpha value is -1.06. The summed E-state index contributed by atoms with van der Waals surface area (Å²) in [6.07, 6.45) is 16.7. The lowest BCUT2D eigenvalue weighted by atomic mass is 10.0. The molecule has 0 spiro atoms. The molecule has 1 N–H and O–H groups in total. The molecule has 0 fully saturated rings. The molecule has 0 bridgehead atoms. The topological polar surface area (TPSA) is 63.6 Å². The molecule has 0 aliphatic carbocycles. The molecular formula is C22H42O4. The van der Waals surface area contributed by atoms with Crippen LogP contribution in [0.2, 0.25) is 0 Å². The van der Waals surface area contributed by atoms with Crippen molar-refractivity contribution in [3.63, 3.8) is 0 Å². The van der Waals surface area contributed by atoms with Crippen LogP contribution in [0.5, 0.6) is 0 Å². The van der Waals surface area contributed by atoms with Gasteiger partial charge in [-0.2, -0.15) is 0 Å². The zero-order valence-electron chi connectivity index (χ0n) is 17.3. The Morgan fingerprint density at radius 2 is 1.15 bits per heavy atom. The molecule has 0 amide bonds. The lowest BCUT2D eigenvalue weighted by molar-refractivity contribution is -0.144. The van der Waals surface area contributed by atoms with Crippen molar-refractivity contribution in [1.82, 2.24) is 0 Å². The van der Waals surface area contributed by atoms with Crippen LogP contribution >= 0.6 is 0 Å². The molecule has 0 rings (SSSR count). The average Bonchev–Trinajstić information content (AvgIpc) is 2.58. The minimum absolute atomic E-state index is 0.0827. The van der Waals surface area contributed by atoms with Gasteiger partial charge in [-0.05, 0) is 25.2 Å². The summed E-state index contributed by atoms with van der Waals surface area (Å²) in [6.45, 7) is 5.14. The van der Waals surface area contributed by atoms with Gasteiger partial charge in [0.05, 0.1) is 6.61 Å². The fourth-order valence-electron chi connectivity index (χ4n) is 3.05. The van der Waals surface area contributed by atoms with E-state index in [1.165, 1.54) is 44.9 Å². The zero-order valence-corrected chi connectivity index (χ0v) is 17.3. The summed E-state index contributed by atoms with van der Waals surface area (Å²) in [4.78, 5) is 22.0. The molecule has 0 saturated carbocycles. The van der Waals surface area contributed by atoms with E-state index < -0.39 is 5.97 Å². The highest BCUT2D eigenvalue weighted by atomic mass is 16.5. The second-order valence-corrected chi connectivity index (χ2v) is 7.89. The van der Waals surface area contributed by atoms with E-state index in [-0.39, 0.29) is 12.4 Å². The van der Waals surface area contributed by atoms with Crippen molar-refractivity contribution in [2.75, 3.05) is 6.61 Å². The second kappa shape index (κ2) is 18.7. The molecule has 26 heavy (non-hydrogen) atoms. The fraction of sp³-hybridized carbons (Fsp3) is 0.909. The number of carboxylic acids is 1. The van der Waals surface area contributed by atoms with Gasteiger partial charge in [-0.25, -0.2) is 0 Å². The molecule has 0 aliphatic heterocycles. The molecule has 0 heterocycles. The predicted octanol–water partition coefficient (Wildman–Crippen LogP) is 6.51. The number of rotatable bonds is 19. The van der Waals surface area contributed by atoms with Crippen LogP contribution in [0.1, 0.15) is 117 Å². The number of hydrogen-bond donors (Lipinski definition) is 1. The van der Waals surface area contributed by atoms with Crippen molar-refractivity contribution in [2.24, 2.45) is 5.92 Å². The highest BCUT2D eigenvalue weighted by molar-refractivity contribution is 5.69. The van der Waals surface area contributed by atoms with Crippen molar-refractivity contribution in [2.45, 2.75) is 117 Å². The van der Waals surface area contributed by atoms with Crippen molar-refractivity contribution in [3.8, 4) is 0 Å². The summed E-state index contributed by atoms with van der Waals surface area (Å²) in [5, 5.41) is 8.54. The third kappa shape index (κ3) is 21.0. The van der Waals surface area contributed by atoms with Gasteiger partial charge in [0.15, 0.2) is 0 Å². The van der Waals surface area contributed by atoms with Crippen molar-refractivity contribution in [3.05, 3.63) is 0 Å². The van der Waals surface area contributed by atoms with E-state index in [1.807, 2.05) is 0 Å². The minimum Gasteiger partial charge on any atom is -0.481 e. The summed E-state index contributed by atoms with van der Waals surface area (Å²) >= 11 is 0. The third-order valence-electron chi connectivity index (χ3n) is 4.71. The lowest BCUT2D eigenvalue weighted by Crippen LogP contribution is -2.05. The number of unbranched alkanes of at least 4 members (excludes halogenated alkanes) is 11. The first-order valence-corrected chi connectivity index (χ1v) is 10.9. The summed E-state index contributed by atoms with van der Waals surface area (Å²) < 4.78 is 5.27. The Balaban J connectivity index is 3.18. The van der Waals surface area contributed by atoms with Gasteiger partial charge in [-0.3, -0.25) is 9.59 Å². The number of aliphatic carboxylic acids is 1. The van der Waals surface area contributed by atoms with Crippen LogP contribution in [0.15, 0.2) is 0 Å². The molecule has 4 nitrogen and oxygen atoms in total. The zero-order chi connectivity index (χ0) is 19.5. The van der Waals surface area contributed by atoms with Gasteiger partial charge in [0.25, 0.3) is 0 Å². The second-order valence-electron chi connectivity index (χ2n) is 7.89. The van der Waals surface area contributed by atoms with Gasteiger partial charge in [0.1, 0.15) is 0 Å². The van der Waals surface area contributed by atoms with Gasteiger partial charge < -0.3 is 9.84 Å². The molecule has 0 aromatic carbocycles. The number of ether oxygens (including phenoxy) is 1. The normalized spacial score (nSPS) is 11.0. The first-order valence-electron chi connectivity index (χ1n) is 10.9. The van der Waals surface area contributed by atoms with Crippen LogP contribution in [0, 0.1) is 5.92 Å². The Bertz CT molecular complexity index is 339. The molecular weight excluding hydrogens is 328 g/mol. The first-order chi connectivity index (χ1) is 12.5. The standard InChI is InChI=1S/C22H42O4/c1-20(2)16-12-8-5-3-4-6-11-15-19-26-22(25)18-14-10-7-9-13-17-21(23)24/h20H,3-19H2,1-2H3,(H,23,24). The Kier molecular flexibility index (Phi) is 18.0. The van der Waals surface area contributed by atoms with Crippen molar-refractivity contribution >= 4 is 11.9 Å². The van der Waals surface area contributed by atoms with E-state index in [2.05, 4.69) is 13.8 Å². The van der Waals surface area contributed by atoms with Crippen LogP contribution < -0.4 is 0 Å². The highest BCUT2D eigenvalue weighted by Crippen LogP contribution is 2.13. The summed E-state index contributed by atoms with van der Waals surface area (Å²) in [5.74, 6) is 0.0254. The minimum atomic E-state index is -0.727. The van der Waals surface area contributed by atoms with Gasteiger partial charge >= 0.3 is 11.9 Å². The molecule has 4 heteroatoms. The van der Waals surface area contributed by atoms with Crippen LogP contribution in [0.3, 0.4) is 0 Å². The number of carbonyl (C=O) groups is 2. The molecule has 154 valence electrons. The number of hydrogen-bond acceptors (Lipinski definition) is 3. The highest BCUT2D eigenvalue weighted by Gasteiger charge is 2.03. The van der Waals surface area contributed by atoms with E-state index in [0.717, 1.165) is 50.9 Å². The lowest BCUT2D eigenvalue weighted by Gasteiger charge is -2.06. The molecule has 0 radical (unpaired) electrons. The third-order valence-corrected chi connectivity index (χ3v) is 4.71. The van der Waals surface area contributed by atoms with Gasteiger partial charge in [-0.15, -0.1) is 0 Å². The predicted molar refractivity (Wildman–Crippen MR) is 107 cm³/mol. The smallest absolute Gasteiger partial charge is 0.305 e. The maximum absolute atomic E-state index is 11.6. The summed E-state index contributed by atoms with van der Waals surface area (Å²) in [5.41, 5.74) is 0. The van der Waals surface area contributed by atoms with Gasteiger partial charge in [0, 0.05) is 12.8 Å². The van der Waals surface area contributed by atoms with Gasteiger partial charge in [0.2, 0.25) is 0 Å². The van der Waals surface area contributed by atoms with Crippen LogP contribution in [0.25, 0.3) is 0 Å². The quantitative estimate of drug-likeness (QED) is 0.208. The molecule has 0 aromatic heterocycles. The van der Waals surface area contributed by atoms with E-state index in [4.69, 9.17) is 9.84 Å². The summed E-state index contributed by atoms with van der Waals surface area (Å²) in [7, 11) is 0. The van der Waals surface area contributed by atoms with Crippen LogP contribution in [-0.2, 0) is 14.3 Å². The van der Waals surface area contributed by atoms with E-state index in [1.54, 1.807) is 0 Å². The number of esters is 1. The van der Waals surface area contributed by atoms with Crippen molar-refractivity contribution in [1.29, 1.82) is 0 Å². The van der Waals surface area contributed by atoms with Crippen LogP contribution in [-0.4, -0.2) is 23.7 Å². The van der Waals surface area contributed by atoms with E-state index in [0.29, 0.717) is 13.0 Å². The van der Waals surface area contributed by atoms with Gasteiger partial charge in [-0.1, -0.05) is 84.5 Å². The molecule has 0 saturated heterocycles. The maximum atomic E-state index is 11.6. The molecule has 0 aliphatic rings. The Morgan fingerprint density at radius 1 is 0.692 bits per heavy atom. The first kappa shape index (κ1) is 24.9. The largest absolute Gasteiger partial charge is 0.481 e. The molecule has 0 atom stereocenters.